The fourth-order valence-electron chi connectivity index (χ4n) is 2.47. The molecule has 0 aromatic heterocycles. The van der Waals surface area contributed by atoms with Crippen LogP contribution in [-0.4, -0.2) is 18.7 Å². The third-order valence-corrected chi connectivity index (χ3v) is 3.64. The summed E-state index contributed by atoms with van der Waals surface area (Å²) in [6.45, 7) is 4.90. The highest BCUT2D eigenvalue weighted by Crippen LogP contribution is 2.21. The van der Waals surface area contributed by atoms with Crippen molar-refractivity contribution in [1.29, 1.82) is 0 Å². The summed E-state index contributed by atoms with van der Waals surface area (Å²) in [7, 11) is 2.02. The SMILES string of the molecule is Cc1cc(C)cc(N(C)CCC(O)c2ccc(F)cc2)c1. The number of hydrogen-bond donors (Lipinski definition) is 1. The number of aryl methyl sites for hydroxylation is 2. The minimum Gasteiger partial charge on any atom is -0.388 e. The van der Waals surface area contributed by atoms with Gasteiger partial charge >= 0.3 is 0 Å². The Kier molecular flexibility index (Phi) is 4.97. The molecule has 0 radical (unpaired) electrons. The molecule has 112 valence electrons. The Hall–Kier alpha value is -1.87. The Morgan fingerprint density at radius 3 is 2.19 bits per heavy atom. The molecule has 1 N–H and O–H groups in total. The van der Waals surface area contributed by atoms with Crippen LogP contribution in [0.2, 0.25) is 0 Å². The van der Waals surface area contributed by atoms with Crippen molar-refractivity contribution in [3.8, 4) is 0 Å². The molecule has 1 unspecified atom stereocenters. The Bertz CT molecular complexity index is 574. The maximum atomic E-state index is 12.9. The van der Waals surface area contributed by atoms with Crippen molar-refractivity contribution in [3.63, 3.8) is 0 Å². The van der Waals surface area contributed by atoms with Crippen LogP contribution in [-0.2, 0) is 0 Å². The molecule has 0 aliphatic rings. The highest BCUT2D eigenvalue weighted by Gasteiger charge is 2.10. The molecule has 0 amide bonds. The summed E-state index contributed by atoms with van der Waals surface area (Å²) in [5.74, 6) is -0.279. The van der Waals surface area contributed by atoms with Crippen LogP contribution in [0.15, 0.2) is 42.5 Å². The first-order chi connectivity index (χ1) is 9.95. The van der Waals surface area contributed by atoms with Crippen LogP contribution in [0.4, 0.5) is 10.1 Å². The third-order valence-electron chi connectivity index (χ3n) is 3.64. The van der Waals surface area contributed by atoms with Gasteiger partial charge < -0.3 is 10.0 Å². The molecule has 21 heavy (non-hydrogen) atoms. The molecule has 2 aromatic carbocycles. The van der Waals surface area contributed by atoms with Gasteiger partial charge in [0.15, 0.2) is 0 Å². The molecule has 0 heterocycles. The predicted octanol–water partition coefficient (Wildman–Crippen LogP) is 4.00. The standard InChI is InChI=1S/C18H22FNO/c1-13-10-14(2)12-17(11-13)20(3)9-8-18(21)15-4-6-16(19)7-5-15/h4-7,10-12,18,21H,8-9H2,1-3H3. The van der Waals surface area contributed by atoms with Crippen LogP contribution in [0.1, 0.15) is 29.2 Å². The van der Waals surface area contributed by atoms with Gasteiger partial charge in [0.25, 0.3) is 0 Å². The molecule has 0 spiro atoms. The minimum atomic E-state index is -0.570. The van der Waals surface area contributed by atoms with Gasteiger partial charge in [0.1, 0.15) is 5.82 Å². The number of anilines is 1. The summed E-state index contributed by atoms with van der Waals surface area (Å²) in [6.07, 6.45) is 0.0359. The van der Waals surface area contributed by atoms with E-state index in [1.165, 1.54) is 23.3 Å². The molecule has 1 atom stereocenters. The molecule has 2 nitrogen and oxygen atoms in total. The first-order valence-corrected chi connectivity index (χ1v) is 7.18. The van der Waals surface area contributed by atoms with Crippen molar-refractivity contribution < 1.29 is 9.50 Å². The lowest BCUT2D eigenvalue weighted by atomic mass is 10.1. The topological polar surface area (TPSA) is 23.5 Å². The van der Waals surface area contributed by atoms with Gasteiger partial charge in [0.05, 0.1) is 6.10 Å². The van der Waals surface area contributed by atoms with E-state index in [0.717, 1.165) is 17.8 Å². The van der Waals surface area contributed by atoms with Gasteiger partial charge in [-0.25, -0.2) is 4.39 Å². The second-order valence-corrected chi connectivity index (χ2v) is 5.62. The van der Waals surface area contributed by atoms with Crippen molar-refractivity contribution in [1.82, 2.24) is 0 Å². The second-order valence-electron chi connectivity index (χ2n) is 5.62. The van der Waals surface area contributed by atoms with Crippen molar-refractivity contribution in [3.05, 3.63) is 65.0 Å². The fraction of sp³-hybridized carbons (Fsp3) is 0.333. The lowest BCUT2D eigenvalue weighted by molar-refractivity contribution is 0.169. The number of aliphatic hydroxyl groups excluding tert-OH is 1. The van der Waals surface area contributed by atoms with Gasteiger partial charge in [0, 0.05) is 19.3 Å². The van der Waals surface area contributed by atoms with Crippen molar-refractivity contribution in [2.24, 2.45) is 0 Å². The molecule has 0 aliphatic carbocycles. The number of aliphatic hydroxyl groups is 1. The smallest absolute Gasteiger partial charge is 0.123 e. The number of rotatable bonds is 5. The largest absolute Gasteiger partial charge is 0.388 e. The third kappa shape index (κ3) is 4.30. The molecular formula is C18H22FNO. The van der Waals surface area contributed by atoms with Crippen molar-refractivity contribution in [2.45, 2.75) is 26.4 Å². The summed E-state index contributed by atoms with van der Waals surface area (Å²) in [5, 5.41) is 10.2. The zero-order chi connectivity index (χ0) is 15.4. The first-order valence-electron chi connectivity index (χ1n) is 7.18. The Morgan fingerprint density at radius 2 is 1.62 bits per heavy atom. The zero-order valence-corrected chi connectivity index (χ0v) is 12.8. The summed E-state index contributed by atoms with van der Waals surface area (Å²) in [6, 6.07) is 12.4. The van der Waals surface area contributed by atoms with Crippen LogP contribution in [0.3, 0.4) is 0 Å². The average molecular weight is 287 g/mol. The highest BCUT2D eigenvalue weighted by molar-refractivity contribution is 5.50. The summed E-state index contributed by atoms with van der Waals surface area (Å²) < 4.78 is 12.9. The van der Waals surface area contributed by atoms with Crippen LogP contribution in [0.5, 0.6) is 0 Å². The minimum absolute atomic E-state index is 0.279. The second kappa shape index (κ2) is 6.72. The fourth-order valence-corrected chi connectivity index (χ4v) is 2.47. The molecule has 0 aliphatic heterocycles. The lowest BCUT2D eigenvalue weighted by Crippen LogP contribution is -2.20. The van der Waals surface area contributed by atoms with Gasteiger partial charge in [-0.1, -0.05) is 18.2 Å². The molecule has 3 heteroatoms. The maximum Gasteiger partial charge on any atom is 0.123 e. The van der Waals surface area contributed by atoms with E-state index in [4.69, 9.17) is 0 Å². The monoisotopic (exact) mass is 287 g/mol. The first kappa shape index (κ1) is 15.5. The highest BCUT2D eigenvalue weighted by atomic mass is 19.1. The maximum absolute atomic E-state index is 12.9. The Morgan fingerprint density at radius 1 is 1.05 bits per heavy atom. The molecule has 2 aromatic rings. The summed E-state index contributed by atoms with van der Waals surface area (Å²) in [5.41, 5.74) is 4.37. The molecule has 0 saturated heterocycles. The molecule has 0 fully saturated rings. The Balaban J connectivity index is 1.97. The van der Waals surface area contributed by atoms with Crippen molar-refractivity contribution in [2.75, 3.05) is 18.5 Å². The van der Waals surface area contributed by atoms with E-state index in [-0.39, 0.29) is 5.82 Å². The lowest BCUT2D eigenvalue weighted by Gasteiger charge is -2.22. The van der Waals surface area contributed by atoms with E-state index in [1.807, 2.05) is 7.05 Å². The molecule has 0 saturated carbocycles. The van der Waals surface area contributed by atoms with Gasteiger partial charge in [-0.15, -0.1) is 0 Å². The number of halogens is 1. The number of benzene rings is 2. The molecule has 2 rings (SSSR count). The summed E-state index contributed by atoms with van der Waals surface area (Å²) >= 11 is 0. The quantitative estimate of drug-likeness (QED) is 0.898. The predicted molar refractivity (Wildman–Crippen MR) is 85.2 cm³/mol. The van der Waals surface area contributed by atoms with E-state index >= 15 is 0 Å². The van der Waals surface area contributed by atoms with Crippen LogP contribution < -0.4 is 4.90 Å². The van der Waals surface area contributed by atoms with E-state index in [2.05, 4.69) is 36.9 Å². The molecule has 0 bridgehead atoms. The summed E-state index contributed by atoms with van der Waals surface area (Å²) in [4.78, 5) is 2.13. The van der Waals surface area contributed by atoms with Gasteiger partial charge in [-0.05, 0) is 61.2 Å². The Labute approximate surface area is 125 Å². The average Bonchev–Trinajstić information content (AvgIpc) is 2.44. The normalized spacial score (nSPS) is 12.2. The van der Waals surface area contributed by atoms with Gasteiger partial charge in [-0.3, -0.25) is 0 Å². The van der Waals surface area contributed by atoms with Gasteiger partial charge in [-0.2, -0.15) is 0 Å². The van der Waals surface area contributed by atoms with E-state index in [1.54, 1.807) is 12.1 Å². The van der Waals surface area contributed by atoms with E-state index in [9.17, 15) is 9.50 Å². The number of hydrogen-bond acceptors (Lipinski definition) is 2. The van der Waals surface area contributed by atoms with E-state index < -0.39 is 6.10 Å². The number of nitrogens with zero attached hydrogens (tertiary/aromatic N) is 1. The van der Waals surface area contributed by atoms with Crippen LogP contribution >= 0.6 is 0 Å². The van der Waals surface area contributed by atoms with Crippen LogP contribution in [0.25, 0.3) is 0 Å². The molecular weight excluding hydrogens is 265 g/mol. The van der Waals surface area contributed by atoms with Crippen LogP contribution in [0, 0.1) is 19.7 Å². The van der Waals surface area contributed by atoms with Gasteiger partial charge in [0.2, 0.25) is 0 Å². The van der Waals surface area contributed by atoms with E-state index in [0.29, 0.717) is 6.42 Å². The van der Waals surface area contributed by atoms with Crippen molar-refractivity contribution >= 4 is 5.69 Å². The zero-order valence-electron chi connectivity index (χ0n) is 12.8.